The third-order valence-electron chi connectivity index (χ3n) is 13.0. The lowest BCUT2D eigenvalue weighted by atomic mass is 10.0. The van der Waals surface area contributed by atoms with Crippen molar-refractivity contribution in [2.45, 2.75) is 309 Å². The van der Waals surface area contributed by atoms with E-state index < -0.39 is 6.10 Å². The Hall–Kier alpha value is -2.89. The van der Waals surface area contributed by atoms with Gasteiger partial charge in [-0.2, -0.15) is 0 Å². The molecule has 0 spiro atoms. The molecule has 69 heavy (non-hydrogen) atoms. The van der Waals surface area contributed by atoms with Crippen LogP contribution in [0.3, 0.4) is 0 Å². The van der Waals surface area contributed by atoms with E-state index in [1.807, 2.05) is 0 Å². The second-order valence-corrected chi connectivity index (χ2v) is 19.9. The van der Waals surface area contributed by atoms with Crippen molar-refractivity contribution in [2.24, 2.45) is 0 Å². The highest BCUT2D eigenvalue weighted by Crippen LogP contribution is 2.16. The van der Waals surface area contributed by atoms with Crippen molar-refractivity contribution in [1.29, 1.82) is 0 Å². The molecule has 6 heteroatoms. The molecule has 1 atom stereocenters. The minimum Gasteiger partial charge on any atom is -0.462 e. The van der Waals surface area contributed by atoms with Gasteiger partial charge in [-0.3, -0.25) is 14.4 Å². The summed E-state index contributed by atoms with van der Waals surface area (Å²) in [6.45, 7) is 6.59. The van der Waals surface area contributed by atoms with Gasteiger partial charge in [0.2, 0.25) is 0 Å². The number of unbranched alkanes of at least 4 members (excludes halogenated alkanes) is 33. The van der Waals surface area contributed by atoms with Gasteiger partial charge in [-0.15, -0.1) is 0 Å². The maximum absolute atomic E-state index is 12.9. The van der Waals surface area contributed by atoms with Gasteiger partial charge in [0.1, 0.15) is 13.2 Å². The lowest BCUT2D eigenvalue weighted by molar-refractivity contribution is -0.167. The normalized spacial score (nSPS) is 12.4. The predicted molar refractivity (Wildman–Crippen MR) is 298 cm³/mol. The minimum absolute atomic E-state index is 0.0837. The molecule has 0 aliphatic carbocycles. The Balaban J connectivity index is 4.36. The van der Waals surface area contributed by atoms with Crippen LogP contribution in [-0.2, 0) is 28.6 Å². The molecule has 0 heterocycles. The summed E-state index contributed by atoms with van der Waals surface area (Å²) in [5, 5.41) is 0. The number of hydrogen-bond acceptors (Lipinski definition) is 6. The Morgan fingerprint density at radius 2 is 0.522 bits per heavy atom. The van der Waals surface area contributed by atoms with Crippen LogP contribution in [0.2, 0.25) is 0 Å². The van der Waals surface area contributed by atoms with E-state index in [1.165, 1.54) is 161 Å². The van der Waals surface area contributed by atoms with Crippen LogP contribution in [0.25, 0.3) is 0 Å². The Morgan fingerprint density at radius 1 is 0.290 bits per heavy atom. The molecule has 0 rings (SSSR count). The van der Waals surface area contributed by atoms with Crippen LogP contribution in [-0.4, -0.2) is 37.2 Å². The summed E-state index contributed by atoms with van der Waals surface area (Å²) in [7, 11) is 0. The standard InChI is InChI=1S/C63H112O6/c1-4-7-10-13-16-19-22-25-28-29-30-31-32-33-36-38-41-44-47-50-53-56-62(65)68-59-60(69-63(66)57-54-51-48-45-42-39-35-27-24-21-18-15-12-9-6-3)58-67-61(64)55-52-49-46-43-40-37-34-26-23-20-17-14-11-8-5-2/h17-18,20-21,25-28,34-35,60H,4-16,19,22-24,29-33,36-59H2,1-3H3/b20-17-,21-18-,28-25-,34-26-,35-27-/t60-/m1/s1. The van der Waals surface area contributed by atoms with Crippen LogP contribution in [0.5, 0.6) is 0 Å². The van der Waals surface area contributed by atoms with Crippen LogP contribution < -0.4 is 0 Å². The van der Waals surface area contributed by atoms with E-state index in [0.717, 1.165) is 103 Å². The quantitative estimate of drug-likeness (QED) is 0.0262. The predicted octanol–water partition coefficient (Wildman–Crippen LogP) is 20.0. The van der Waals surface area contributed by atoms with Crippen molar-refractivity contribution in [3.63, 3.8) is 0 Å². The first-order chi connectivity index (χ1) is 34.0. The molecule has 0 aliphatic rings. The molecule has 400 valence electrons. The number of hydrogen-bond donors (Lipinski definition) is 0. The average molecular weight is 966 g/mol. The molecule has 0 radical (unpaired) electrons. The third-order valence-corrected chi connectivity index (χ3v) is 13.0. The van der Waals surface area contributed by atoms with Crippen LogP contribution >= 0.6 is 0 Å². The fraction of sp³-hybridized carbons (Fsp3) is 0.794. The summed E-state index contributed by atoms with van der Waals surface area (Å²) in [5.41, 5.74) is 0. The molecule has 0 N–H and O–H groups in total. The fourth-order valence-corrected chi connectivity index (χ4v) is 8.44. The molecule has 0 fully saturated rings. The van der Waals surface area contributed by atoms with Gasteiger partial charge in [-0.25, -0.2) is 0 Å². The first-order valence-corrected chi connectivity index (χ1v) is 29.8. The Kier molecular flexibility index (Phi) is 55.3. The molecule has 6 nitrogen and oxygen atoms in total. The SMILES string of the molecule is CCCCC/C=C\C/C=C\CCCCCCCC(=O)OC[C@H](COC(=O)CCCCCCCCCCCCC/C=C\CCCCCCCC)OC(=O)CCCCCCC/C=C\C/C=C\CCCCC. The van der Waals surface area contributed by atoms with Gasteiger partial charge in [-0.05, 0) is 109 Å². The zero-order chi connectivity index (χ0) is 50.0. The topological polar surface area (TPSA) is 78.9 Å². The van der Waals surface area contributed by atoms with Crippen LogP contribution in [0.15, 0.2) is 60.8 Å². The average Bonchev–Trinajstić information content (AvgIpc) is 3.35. The van der Waals surface area contributed by atoms with Crippen molar-refractivity contribution >= 4 is 17.9 Å². The van der Waals surface area contributed by atoms with Crippen molar-refractivity contribution in [2.75, 3.05) is 13.2 Å². The highest BCUT2D eigenvalue weighted by molar-refractivity contribution is 5.71. The summed E-state index contributed by atoms with van der Waals surface area (Å²) >= 11 is 0. The third kappa shape index (κ3) is 55.9. The Morgan fingerprint density at radius 3 is 0.841 bits per heavy atom. The van der Waals surface area contributed by atoms with Gasteiger partial charge in [0.25, 0.3) is 0 Å². The number of allylic oxidation sites excluding steroid dienone is 10. The molecular weight excluding hydrogens is 853 g/mol. The van der Waals surface area contributed by atoms with Gasteiger partial charge in [0.15, 0.2) is 6.10 Å². The lowest BCUT2D eigenvalue weighted by Crippen LogP contribution is -2.30. The van der Waals surface area contributed by atoms with Crippen LogP contribution in [0, 0.1) is 0 Å². The molecule has 0 aromatic heterocycles. The van der Waals surface area contributed by atoms with Crippen molar-refractivity contribution in [1.82, 2.24) is 0 Å². The largest absolute Gasteiger partial charge is 0.462 e. The van der Waals surface area contributed by atoms with Gasteiger partial charge >= 0.3 is 17.9 Å². The Bertz CT molecular complexity index is 1250. The van der Waals surface area contributed by atoms with Gasteiger partial charge in [-0.1, -0.05) is 236 Å². The van der Waals surface area contributed by atoms with E-state index >= 15 is 0 Å². The van der Waals surface area contributed by atoms with E-state index in [2.05, 4.69) is 81.5 Å². The summed E-state index contributed by atoms with van der Waals surface area (Å²) in [4.78, 5) is 38.2. The van der Waals surface area contributed by atoms with Crippen molar-refractivity contribution in [3.05, 3.63) is 60.8 Å². The number of ether oxygens (including phenoxy) is 3. The molecule has 0 amide bonds. The number of carbonyl (C=O) groups excluding carboxylic acids is 3. The summed E-state index contributed by atoms with van der Waals surface area (Å²) in [6.07, 6.45) is 72.1. The van der Waals surface area contributed by atoms with Crippen LogP contribution in [0.4, 0.5) is 0 Å². The van der Waals surface area contributed by atoms with Crippen molar-refractivity contribution < 1.29 is 28.6 Å². The van der Waals surface area contributed by atoms with E-state index in [1.54, 1.807) is 0 Å². The van der Waals surface area contributed by atoms with Crippen molar-refractivity contribution in [3.8, 4) is 0 Å². The lowest BCUT2D eigenvalue weighted by Gasteiger charge is -2.18. The maximum Gasteiger partial charge on any atom is 0.306 e. The first-order valence-electron chi connectivity index (χ1n) is 29.8. The maximum atomic E-state index is 12.9. The zero-order valence-electron chi connectivity index (χ0n) is 45.8. The van der Waals surface area contributed by atoms with Gasteiger partial charge in [0, 0.05) is 19.3 Å². The molecule has 0 aromatic carbocycles. The number of carbonyl (C=O) groups is 3. The highest BCUT2D eigenvalue weighted by Gasteiger charge is 2.19. The minimum atomic E-state index is -0.787. The second-order valence-electron chi connectivity index (χ2n) is 19.9. The molecule has 0 aliphatic heterocycles. The molecule has 0 bridgehead atoms. The Labute approximate surface area is 428 Å². The van der Waals surface area contributed by atoms with E-state index in [0.29, 0.717) is 19.3 Å². The van der Waals surface area contributed by atoms with E-state index in [-0.39, 0.29) is 31.1 Å². The van der Waals surface area contributed by atoms with E-state index in [4.69, 9.17) is 14.2 Å². The molecule has 0 saturated heterocycles. The smallest absolute Gasteiger partial charge is 0.306 e. The highest BCUT2D eigenvalue weighted by atomic mass is 16.6. The number of rotatable bonds is 54. The monoisotopic (exact) mass is 965 g/mol. The zero-order valence-corrected chi connectivity index (χ0v) is 45.8. The molecule has 0 aromatic rings. The van der Waals surface area contributed by atoms with E-state index in [9.17, 15) is 14.4 Å². The molecular formula is C63H112O6. The summed E-state index contributed by atoms with van der Waals surface area (Å²) in [6, 6.07) is 0. The van der Waals surface area contributed by atoms with Crippen LogP contribution in [0.1, 0.15) is 303 Å². The summed E-state index contributed by atoms with van der Waals surface area (Å²) < 4.78 is 16.9. The fourth-order valence-electron chi connectivity index (χ4n) is 8.44. The second kappa shape index (κ2) is 57.7. The van der Waals surface area contributed by atoms with Gasteiger partial charge in [0.05, 0.1) is 0 Å². The molecule has 0 saturated carbocycles. The first kappa shape index (κ1) is 66.1. The summed E-state index contributed by atoms with van der Waals surface area (Å²) in [5.74, 6) is -0.901. The van der Waals surface area contributed by atoms with Gasteiger partial charge < -0.3 is 14.2 Å². The molecule has 0 unspecified atom stereocenters. The number of esters is 3.